The molecule has 2 N–H and O–H groups in total. The maximum absolute atomic E-state index is 13.7. The van der Waals surface area contributed by atoms with Gasteiger partial charge in [0.15, 0.2) is 5.76 Å². The van der Waals surface area contributed by atoms with E-state index in [0.717, 1.165) is 37.7 Å². The van der Waals surface area contributed by atoms with Crippen molar-refractivity contribution in [2.45, 2.75) is 57.5 Å². The van der Waals surface area contributed by atoms with Crippen molar-refractivity contribution in [1.82, 2.24) is 15.6 Å². The Morgan fingerprint density at radius 3 is 2.47 bits per heavy atom. The van der Waals surface area contributed by atoms with Gasteiger partial charge in [0.1, 0.15) is 6.04 Å². The summed E-state index contributed by atoms with van der Waals surface area (Å²) < 4.78 is 5.13. The Balaban J connectivity index is 1.66. The lowest BCUT2D eigenvalue weighted by Gasteiger charge is -2.33. The molecular weight excluding hydrogens is 456 g/mol. The number of anilines is 1. The van der Waals surface area contributed by atoms with E-state index in [-0.39, 0.29) is 24.3 Å². The first-order chi connectivity index (χ1) is 17.6. The molecular formula is C28H32N4O4. The molecule has 0 aliphatic heterocycles. The van der Waals surface area contributed by atoms with Gasteiger partial charge in [0.25, 0.3) is 5.91 Å². The van der Waals surface area contributed by atoms with Gasteiger partial charge in [0.2, 0.25) is 11.8 Å². The van der Waals surface area contributed by atoms with Gasteiger partial charge >= 0.3 is 0 Å². The number of rotatable bonds is 9. The zero-order valence-electron chi connectivity index (χ0n) is 20.5. The van der Waals surface area contributed by atoms with Crippen LogP contribution in [-0.2, 0) is 16.0 Å². The fourth-order valence-corrected chi connectivity index (χ4v) is 4.55. The topological polar surface area (TPSA) is 105 Å². The summed E-state index contributed by atoms with van der Waals surface area (Å²) in [4.78, 5) is 45.5. The Morgan fingerprint density at radius 2 is 1.83 bits per heavy atom. The molecule has 36 heavy (non-hydrogen) atoms. The molecule has 3 amide bonds. The maximum Gasteiger partial charge on any atom is 0.287 e. The van der Waals surface area contributed by atoms with Crippen LogP contribution in [-0.4, -0.2) is 35.3 Å². The number of pyridine rings is 1. The number of amides is 3. The number of hydrogen-bond acceptors (Lipinski definition) is 5. The third-order valence-corrected chi connectivity index (χ3v) is 6.49. The molecule has 0 radical (unpaired) electrons. The van der Waals surface area contributed by atoms with Crippen molar-refractivity contribution >= 4 is 23.4 Å². The second-order valence-electron chi connectivity index (χ2n) is 8.98. The molecule has 0 spiro atoms. The highest BCUT2D eigenvalue weighted by Gasteiger charge is 2.34. The third-order valence-electron chi connectivity index (χ3n) is 6.49. The number of benzene rings is 1. The second-order valence-corrected chi connectivity index (χ2v) is 8.98. The van der Waals surface area contributed by atoms with E-state index in [4.69, 9.17) is 4.42 Å². The molecule has 1 aromatic carbocycles. The minimum absolute atomic E-state index is 0.0727. The number of furan rings is 1. The summed E-state index contributed by atoms with van der Waals surface area (Å²) in [6.07, 6.45) is 10.6. The van der Waals surface area contributed by atoms with Gasteiger partial charge in [-0.1, -0.05) is 44.4 Å². The number of nitrogens with one attached hydrogen (secondary N) is 2. The Morgan fingerprint density at radius 1 is 1.06 bits per heavy atom. The first-order valence-electron chi connectivity index (χ1n) is 12.5. The molecule has 3 aromatic rings. The van der Waals surface area contributed by atoms with Crippen LogP contribution in [0.4, 0.5) is 5.69 Å². The molecule has 4 rings (SSSR count). The summed E-state index contributed by atoms with van der Waals surface area (Å²) in [7, 11) is 0. The first-order valence-corrected chi connectivity index (χ1v) is 12.5. The second kappa shape index (κ2) is 12.2. The fourth-order valence-electron chi connectivity index (χ4n) is 4.55. The minimum atomic E-state index is -0.943. The summed E-state index contributed by atoms with van der Waals surface area (Å²) >= 11 is 0. The predicted molar refractivity (Wildman–Crippen MR) is 136 cm³/mol. The average molecular weight is 489 g/mol. The van der Waals surface area contributed by atoms with E-state index in [0.29, 0.717) is 11.3 Å². The van der Waals surface area contributed by atoms with E-state index in [1.807, 2.05) is 24.3 Å². The molecule has 0 saturated heterocycles. The third kappa shape index (κ3) is 6.19. The van der Waals surface area contributed by atoms with Crippen LogP contribution in [0.25, 0.3) is 0 Å². The average Bonchev–Trinajstić information content (AvgIpc) is 3.46. The smallest absolute Gasteiger partial charge is 0.287 e. The van der Waals surface area contributed by atoms with Crippen LogP contribution in [0, 0.1) is 0 Å². The lowest BCUT2D eigenvalue weighted by molar-refractivity contribution is -0.127. The van der Waals surface area contributed by atoms with Crippen molar-refractivity contribution in [1.29, 1.82) is 0 Å². The predicted octanol–water partition coefficient (Wildman–Crippen LogP) is 4.19. The molecule has 8 nitrogen and oxygen atoms in total. The van der Waals surface area contributed by atoms with Crippen molar-refractivity contribution in [2.75, 3.05) is 11.4 Å². The summed E-state index contributed by atoms with van der Waals surface area (Å²) in [5.41, 5.74) is 2.27. The number of carbonyl (C=O) groups excluding carboxylic acids is 3. The molecule has 1 unspecified atom stereocenters. The summed E-state index contributed by atoms with van der Waals surface area (Å²) in [6, 6.07) is 13.4. The van der Waals surface area contributed by atoms with Gasteiger partial charge in [-0.05, 0) is 55.2 Å². The van der Waals surface area contributed by atoms with Crippen LogP contribution in [0.15, 0.2) is 71.6 Å². The zero-order chi connectivity index (χ0) is 25.3. The van der Waals surface area contributed by atoms with Crippen LogP contribution >= 0.6 is 0 Å². The number of carbonyl (C=O) groups is 3. The van der Waals surface area contributed by atoms with E-state index in [1.54, 1.807) is 30.6 Å². The summed E-state index contributed by atoms with van der Waals surface area (Å²) in [6.45, 7) is 1.75. The highest BCUT2D eigenvalue weighted by Crippen LogP contribution is 2.29. The molecule has 188 valence electrons. The molecule has 1 atom stereocenters. The zero-order valence-corrected chi connectivity index (χ0v) is 20.5. The van der Waals surface area contributed by atoms with Gasteiger partial charge < -0.3 is 15.1 Å². The molecule has 2 heterocycles. The summed E-state index contributed by atoms with van der Waals surface area (Å²) in [5, 5.41) is 5.78. The lowest BCUT2D eigenvalue weighted by Crippen LogP contribution is -2.49. The van der Waals surface area contributed by atoms with Crippen molar-refractivity contribution in [2.24, 2.45) is 0 Å². The highest BCUT2D eigenvalue weighted by atomic mass is 16.3. The van der Waals surface area contributed by atoms with E-state index >= 15 is 0 Å². The first kappa shape index (κ1) is 25.2. The Kier molecular flexibility index (Phi) is 8.49. The minimum Gasteiger partial charge on any atom is -0.459 e. The molecule has 1 aliphatic carbocycles. The Hall–Kier alpha value is -3.94. The van der Waals surface area contributed by atoms with Crippen LogP contribution < -0.4 is 15.5 Å². The van der Waals surface area contributed by atoms with Gasteiger partial charge in [0.05, 0.1) is 12.8 Å². The maximum atomic E-state index is 13.7. The van der Waals surface area contributed by atoms with Gasteiger partial charge in [0, 0.05) is 29.7 Å². The van der Waals surface area contributed by atoms with Crippen LogP contribution in [0.2, 0.25) is 0 Å². The molecule has 2 aromatic heterocycles. The quantitative estimate of drug-likeness (QED) is 0.470. The van der Waals surface area contributed by atoms with E-state index in [1.165, 1.54) is 23.7 Å². The number of hydrogen-bond donors (Lipinski definition) is 2. The molecule has 8 heteroatoms. The van der Waals surface area contributed by atoms with E-state index < -0.39 is 17.9 Å². The number of nitrogens with zero attached hydrogens (tertiary/aromatic N) is 2. The van der Waals surface area contributed by atoms with Crippen LogP contribution in [0.1, 0.15) is 66.8 Å². The van der Waals surface area contributed by atoms with Crippen LogP contribution in [0.5, 0.6) is 0 Å². The Bertz CT molecular complexity index is 1140. The van der Waals surface area contributed by atoms with Crippen molar-refractivity contribution in [3.63, 3.8) is 0 Å². The van der Waals surface area contributed by atoms with E-state index in [9.17, 15) is 14.4 Å². The number of aryl methyl sites for hydroxylation is 1. The molecule has 1 fully saturated rings. The lowest BCUT2D eigenvalue weighted by atomic mass is 9.94. The summed E-state index contributed by atoms with van der Waals surface area (Å²) in [5.74, 6) is -1.08. The van der Waals surface area contributed by atoms with Crippen molar-refractivity contribution < 1.29 is 18.8 Å². The largest absolute Gasteiger partial charge is 0.459 e. The van der Waals surface area contributed by atoms with Gasteiger partial charge in [-0.15, -0.1) is 0 Å². The Labute approximate surface area is 211 Å². The molecule has 1 saturated carbocycles. The van der Waals surface area contributed by atoms with Crippen LogP contribution in [0.3, 0.4) is 0 Å². The van der Waals surface area contributed by atoms with Crippen molar-refractivity contribution in [3.8, 4) is 0 Å². The number of aromatic nitrogens is 1. The normalized spacial score (nSPS) is 14.6. The monoisotopic (exact) mass is 488 g/mol. The highest BCUT2D eigenvalue weighted by molar-refractivity contribution is 6.04. The van der Waals surface area contributed by atoms with E-state index in [2.05, 4.69) is 22.5 Å². The van der Waals surface area contributed by atoms with Gasteiger partial charge in [-0.25, -0.2) is 0 Å². The molecule has 0 bridgehead atoms. The standard InChI is InChI=1S/C28H32N4O4/c1-2-20-12-14-23(15-13-20)32(25(33)19-30-27(34)24-11-7-17-36-24)26(21-8-6-16-29-18-21)28(35)31-22-9-4-3-5-10-22/h6-8,11-18,22,26H,2-5,9-10,19H2,1H3,(H,30,34)(H,31,35). The SMILES string of the molecule is CCc1ccc(N(C(=O)CNC(=O)c2ccco2)C(C(=O)NC2CCCCC2)c2cccnc2)cc1. The van der Waals surface area contributed by atoms with Crippen molar-refractivity contribution in [3.05, 3.63) is 84.1 Å². The molecule has 1 aliphatic rings. The fraction of sp³-hybridized carbons (Fsp3) is 0.357. The van der Waals surface area contributed by atoms with Gasteiger partial charge in [-0.3, -0.25) is 24.3 Å². The van der Waals surface area contributed by atoms with Gasteiger partial charge in [-0.2, -0.15) is 0 Å².